The SMILES string of the molecule is NS(=O)(=O)CCNCc1cc2c(cc1O)OCO2. The maximum Gasteiger partial charge on any atom is 0.231 e. The number of aromatic hydroxyl groups is 1. The zero-order valence-electron chi connectivity index (χ0n) is 9.55. The van der Waals surface area contributed by atoms with Gasteiger partial charge >= 0.3 is 0 Å². The second-order valence-corrected chi connectivity index (χ2v) is 5.61. The number of hydrogen-bond donors (Lipinski definition) is 3. The Morgan fingerprint density at radius 1 is 1.33 bits per heavy atom. The molecule has 1 aliphatic rings. The van der Waals surface area contributed by atoms with Crippen molar-refractivity contribution in [2.75, 3.05) is 19.1 Å². The van der Waals surface area contributed by atoms with Crippen LogP contribution >= 0.6 is 0 Å². The van der Waals surface area contributed by atoms with Crippen molar-refractivity contribution in [3.8, 4) is 17.2 Å². The molecule has 0 fully saturated rings. The first-order valence-electron chi connectivity index (χ1n) is 5.28. The average molecular weight is 274 g/mol. The van der Waals surface area contributed by atoms with E-state index in [1.807, 2.05) is 0 Å². The van der Waals surface area contributed by atoms with Crippen LogP contribution in [0.3, 0.4) is 0 Å². The summed E-state index contributed by atoms with van der Waals surface area (Å²) >= 11 is 0. The maximum absolute atomic E-state index is 10.7. The summed E-state index contributed by atoms with van der Waals surface area (Å²) in [6.45, 7) is 0.668. The van der Waals surface area contributed by atoms with Gasteiger partial charge in [-0.15, -0.1) is 0 Å². The third kappa shape index (κ3) is 3.25. The second kappa shape index (κ2) is 5.01. The Hall–Kier alpha value is -1.51. The van der Waals surface area contributed by atoms with Gasteiger partial charge in [0.05, 0.1) is 5.75 Å². The molecule has 0 saturated heterocycles. The van der Waals surface area contributed by atoms with E-state index in [1.54, 1.807) is 6.07 Å². The lowest BCUT2D eigenvalue weighted by molar-refractivity contribution is 0.174. The zero-order valence-corrected chi connectivity index (χ0v) is 10.4. The van der Waals surface area contributed by atoms with Gasteiger partial charge in [-0.1, -0.05) is 0 Å². The standard InChI is InChI=1S/C10H14N2O5S/c11-18(14,15)2-1-12-5-7-3-9-10(4-8(7)13)17-6-16-9/h3-4,12-13H,1-2,5-6H2,(H2,11,14,15). The third-order valence-electron chi connectivity index (χ3n) is 2.45. The number of fused-ring (bicyclic) bond motifs is 1. The molecule has 0 unspecified atom stereocenters. The molecule has 0 saturated carbocycles. The number of ether oxygens (including phenoxy) is 2. The van der Waals surface area contributed by atoms with Gasteiger partial charge < -0.3 is 19.9 Å². The van der Waals surface area contributed by atoms with E-state index in [-0.39, 0.29) is 24.8 Å². The summed E-state index contributed by atoms with van der Waals surface area (Å²) < 4.78 is 31.7. The third-order valence-corrected chi connectivity index (χ3v) is 3.23. The van der Waals surface area contributed by atoms with E-state index in [0.29, 0.717) is 23.6 Å². The van der Waals surface area contributed by atoms with Gasteiger partial charge in [0, 0.05) is 24.7 Å². The fraction of sp³-hybridized carbons (Fsp3) is 0.400. The number of nitrogens with two attached hydrogens (primary N) is 1. The summed E-state index contributed by atoms with van der Waals surface area (Å²) in [7, 11) is -3.47. The smallest absolute Gasteiger partial charge is 0.231 e. The van der Waals surface area contributed by atoms with E-state index in [0.717, 1.165) is 0 Å². The molecule has 0 radical (unpaired) electrons. The number of hydrogen-bond acceptors (Lipinski definition) is 6. The predicted molar refractivity (Wildman–Crippen MR) is 63.9 cm³/mol. The number of nitrogens with one attached hydrogen (secondary N) is 1. The highest BCUT2D eigenvalue weighted by atomic mass is 32.2. The number of sulfonamides is 1. The minimum Gasteiger partial charge on any atom is -0.507 e. The van der Waals surface area contributed by atoms with Crippen molar-refractivity contribution in [2.45, 2.75) is 6.54 Å². The Morgan fingerprint density at radius 2 is 2.00 bits per heavy atom. The van der Waals surface area contributed by atoms with E-state index >= 15 is 0 Å². The largest absolute Gasteiger partial charge is 0.507 e. The van der Waals surface area contributed by atoms with Gasteiger partial charge in [-0.2, -0.15) is 0 Å². The van der Waals surface area contributed by atoms with Gasteiger partial charge in [-0.05, 0) is 6.07 Å². The minimum atomic E-state index is -3.47. The minimum absolute atomic E-state index is 0.0716. The van der Waals surface area contributed by atoms with Crippen LogP contribution in [-0.2, 0) is 16.6 Å². The van der Waals surface area contributed by atoms with Gasteiger partial charge in [-0.25, -0.2) is 13.6 Å². The van der Waals surface area contributed by atoms with E-state index in [9.17, 15) is 13.5 Å². The summed E-state index contributed by atoms with van der Waals surface area (Å²) in [5, 5.41) is 17.5. The normalized spacial score (nSPS) is 13.8. The van der Waals surface area contributed by atoms with E-state index in [1.165, 1.54) is 6.07 Å². The fourth-order valence-electron chi connectivity index (χ4n) is 1.55. The van der Waals surface area contributed by atoms with E-state index < -0.39 is 10.0 Å². The lowest BCUT2D eigenvalue weighted by Crippen LogP contribution is -2.26. The molecule has 0 atom stereocenters. The molecule has 0 amide bonds. The molecule has 0 spiro atoms. The van der Waals surface area contributed by atoms with Crippen molar-refractivity contribution in [3.63, 3.8) is 0 Å². The van der Waals surface area contributed by atoms with Crippen LogP contribution in [0.2, 0.25) is 0 Å². The quantitative estimate of drug-likeness (QED) is 0.624. The molecule has 8 heteroatoms. The molecule has 0 bridgehead atoms. The molecule has 4 N–H and O–H groups in total. The van der Waals surface area contributed by atoms with Crippen LogP contribution in [0.15, 0.2) is 12.1 Å². The Morgan fingerprint density at radius 3 is 2.67 bits per heavy atom. The summed E-state index contributed by atoms with van der Waals surface area (Å²) in [6, 6.07) is 3.13. The van der Waals surface area contributed by atoms with E-state index in [4.69, 9.17) is 14.6 Å². The lowest BCUT2D eigenvalue weighted by Gasteiger charge is -2.07. The van der Waals surface area contributed by atoms with Crippen molar-refractivity contribution in [1.82, 2.24) is 5.32 Å². The first-order valence-corrected chi connectivity index (χ1v) is 7.00. The molecule has 1 heterocycles. The van der Waals surface area contributed by atoms with Crippen LogP contribution in [0.25, 0.3) is 0 Å². The van der Waals surface area contributed by atoms with Crippen LogP contribution < -0.4 is 19.9 Å². The Bertz CT molecular complexity index is 543. The molecule has 1 aromatic carbocycles. The highest BCUT2D eigenvalue weighted by Crippen LogP contribution is 2.37. The monoisotopic (exact) mass is 274 g/mol. The molecule has 1 aliphatic heterocycles. The van der Waals surface area contributed by atoms with Crippen molar-refractivity contribution in [3.05, 3.63) is 17.7 Å². The summed E-state index contributed by atoms with van der Waals surface area (Å²) in [6.07, 6.45) is 0. The summed E-state index contributed by atoms with van der Waals surface area (Å²) in [4.78, 5) is 0. The van der Waals surface area contributed by atoms with Gasteiger partial charge in [0.1, 0.15) is 5.75 Å². The summed E-state index contributed by atoms with van der Waals surface area (Å²) in [5.74, 6) is 0.984. The fourth-order valence-corrected chi connectivity index (χ4v) is 1.98. The molecule has 18 heavy (non-hydrogen) atoms. The molecule has 100 valence electrons. The average Bonchev–Trinajstić information content (AvgIpc) is 2.70. The molecule has 2 rings (SSSR count). The van der Waals surface area contributed by atoms with Crippen molar-refractivity contribution in [2.24, 2.45) is 5.14 Å². The van der Waals surface area contributed by atoms with Crippen LogP contribution in [0.4, 0.5) is 0 Å². The van der Waals surface area contributed by atoms with Crippen LogP contribution in [0.5, 0.6) is 17.2 Å². The Kier molecular flexibility index (Phi) is 3.60. The van der Waals surface area contributed by atoms with Gasteiger partial charge in [0.25, 0.3) is 0 Å². The van der Waals surface area contributed by atoms with Gasteiger partial charge in [-0.3, -0.25) is 0 Å². The van der Waals surface area contributed by atoms with Crippen molar-refractivity contribution >= 4 is 10.0 Å². The maximum atomic E-state index is 10.7. The van der Waals surface area contributed by atoms with E-state index in [2.05, 4.69) is 5.32 Å². The predicted octanol–water partition coefficient (Wildman–Crippen LogP) is -0.501. The van der Waals surface area contributed by atoms with Gasteiger partial charge in [0.2, 0.25) is 16.8 Å². The van der Waals surface area contributed by atoms with Crippen molar-refractivity contribution < 1.29 is 23.0 Å². The first kappa shape index (κ1) is 12.9. The zero-order chi connectivity index (χ0) is 13.2. The molecule has 0 aromatic heterocycles. The lowest BCUT2D eigenvalue weighted by atomic mass is 10.1. The molecular weight excluding hydrogens is 260 g/mol. The topological polar surface area (TPSA) is 111 Å². The second-order valence-electron chi connectivity index (χ2n) is 3.88. The first-order chi connectivity index (χ1) is 8.46. The summed E-state index contributed by atoms with van der Waals surface area (Å²) in [5.41, 5.74) is 0.605. The van der Waals surface area contributed by atoms with Crippen LogP contribution in [-0.4, -0.2) is 32.6 Å². The van der Waals surface area contributed by atoms with Crippen molar-refractivity contribution in [1.29, 1.82) is 0 Å². The number of rotatable bonds is 5. The highest BCUT2D eigenvalue weighted by molar-refractivity contribution is 7.89. The Balaban J connectivity index is 1.94. The number of primary sulfonamides is 1. The molecule has 1 aromatic rings. The molecular formula is C10H14N2O5S. The Labute approximate surface area is 105 Å². The number of benzene rings is 1. The number of phenolic OH excluding ortho intramolecular Hbond substituents is 1. The molecule has 7 nitrogen and oxygen atoms in total. The molecule has 0 aliphatic carbocycles. The number of phenols is 1. The highest BCUT2D eigenvalue weighted by Gasteiger charge is 2.16. The van der Waals surface area contributed by atoms with Crippen LogP contribution in [0.1, 0.15) is 5.56 Å². The van der Waals surface area contributed by atoms with Gasteiger partial charge in [0.15, 0.2) is 11.5 Å². The van der Waals surface area contributed by atoms with Crippen LogP contribution in [0, 0.1) is 0 Å².